The molecular formula is C29H37N3O3S. The number of benzene rings is 2. The van der Waals surface area contributed by atoms with Crippen LogP contribution in [0.3, 0.4) is 0 Å². The number of rotatable bonds is 11. The molecule has 0 aliphatic rings. The molecule has 0 radical (unpaired) electrons. The summed E-state index contributed by atoms with van der Waals surface area (Å²) < 4.78 is 1.67. The molecule has 0 saturated heterocycles. The van der Waals surface area contributed by atoms with E-state index >= 15 is 0 Å². The number of ketones is 1. The zero-order valence-electron chi connectivity index (χ0n) is 22.2. The summed E-state index contributed by atoms with van der Waals surface area (Å²) in [5, 5.41) is 3.91. The summed E-state index contributed by atoms with van der Waals surface area (Å²) in [6.07, 6.45) is 1.72. The number of aromatic nitrogens is 2. The number of nitrogens with zero attached hydrogens (tertiary/aromatic N) is 2. The van der Waals surface area contributed by atoms with Gasteiger partial charge in [0, 0.05) is 24.2 Å². The van der Waals surface area contributed by atoms with Crippen molar-refractivity contribution in [2.24, 2.45) is 11.8 Å². The number of fused-ring (bicyclic) bond motifs is 1. The summed E-state index contributed by atoms with van der Waals surface area (Å²) in [6, 6.07) is 10.8. The molecule has 1 amide bonds. The number of amides is 1. The Labute approximate surface area is 217 Å². The Balaban J connectivity index is 1.92. The minimum Gasteiger partial charge on any atom is -0.352 e. The van der Waals surface area contributed by atoms with Crippen LogP contribution in [0.25, 0.3) is 10.9 Å². The van der Waals surface area contributed by atoms with E-state index in [4.69, 9.17) is 4.98 Å². The lowest BCUT2D eigenvalue weighted by molar-refractivity contribution is 0.0951. The Hall–Kier alpha value is -2.93. The van der Waals surface area contributed by atoms with Crippen LogP contribution in [0.15, 0.2) is 46.3 Å². The number of Topliss-reactive ketones (excluding diaryl/α,β-unsaturated/α-hetero) is 1. The Morgan fingerprint density at radius 1 is 1.00 bits per heavy atom. The van der Waals surface area contributed by atoms with Gasteiger partial charge in [0.2, 0.25) is 0 Å². The lowest BCUT2D eigenvalue weighted by atomic mass is 10.0. The SMILES string of the molecule is Cc1ccc(C(=O)CSc2nc3cc(C(=O)NCCC(C)C)ccc3c(=O)n2CCC(C)C)c(C)c1. The molecule has 0 atom stereocenters. The molecule has 0 unspecified atom stereocenters. The average molecular weight is 508 g/mol. The second-order valence-electron chi connectivity index (χ2n) is 10.2. The Kier molecular flexibility index (Phi) is 9.49. The van der Waals surface area contributed by atoms with Gasteiger partial charge in [-0.3, -0.25) is 19.0 Å². The molecule has 0 fully saturated rings. The summed E-state index contributed by atoms with van der Waals surface area (Å²) in [6.45, 7) is 13.5. The van der Waals surface area contributed by atoms with Crippen LogP contribution in [0.1, 0.15) is 72.4 Å². The van der Waals surface area contributed by atoms with Crippen molar-refractivity contribution < 1.29 is 9.59 Å². The van der Waals surface area contributed by atoms with Crippen LogP contribution in [0, 0.1) is 25.7 Å². The van der Waals surface area contributed by atoms with Crippen molar-refractivity contribution >= 4 is 34.4 Å². The number of hydrogen-bond acceptors (Lipinski definition) is 5. The molecule has 1 N–H and O–H groups in total. The van der Waals surface area contributed by atoms with E-state index in [9.17, 15) is 14.4 Å². The maximum Gasteiger partial charge on any atom is 0.262 e. The molecular weight excluding hydrogens is 470 g/mol. The van der Waals surface area contributed by atoms with Gasteiger partial charge in [0.15, 0.2) is 10.9 Å². The summed E-state index contributed by atoms with van der Waals surface area (Å²) >= 11 is 1.28. The molecule has 0 bridgehead atoms. The van der Waals surface area contributed by atoms with Crippen LogP contribution < -0.4 is 10.9 Å². The summed E-state index contributed by atoms with van der Waals surface area (Å²) in [5.41, 5.74) is 3.54. The van der Waals surface area contributed by atoms with Crippen molar-refractivity contribution in [2.75, 3.05) is 12.3 Å². The predicted octanol–water partition coefficient (Wildman–Crippen LogP) is 5.81. The highest BCUT2D eigenvalue weighted by Crippen LogP contribution is 2.22. The lowest BCUT2D eigenvalue weighted by Gasteiger charge is -2.15. The maximum absolute atomic E-state index is 13.4. The third-order valence-corrected chi connectivity index (χ3v) is 7.11. The molecule has 0 saturated carbocycles. The van der Waals surface area contributed by atoms with Gasteiger partial charge in [0.25, 0.3) is 11.5 Å². The van der Waals surface area contributed by atoms with Gasteiger partial charge < -0.3 is 5.32 Å². The van der Waals surface area contributed by atoms with Gasteiger partial charge in [0.1, 0.15) is 0 Å². The lowest BCUT2D eigenvalue weighted by Crippen LogP contribution is -2.26. The zero-order valence-corrected chi connectivity index (χ0v) is 23.0. The maximum atomic E-state index is 13.4. The predicted molar refractivity (Wildman–Crippen MR) is 148 cm³/mol. The summed E-state index contributed by atoms with van der Waals surface area (Å²) in [7, 11) is 0. The zero-order chi connectivity index (χ0) is 26.4. The molecule has 2 aromatic carbocycles. The molecule has 7 heteroatoms. The largest absolute Gasteiger partial charge is 0.352 e. The molecule has 0 aliphatic carbocycles. The minimum atomic E-state index is -0.178. The molecule has 1 heterocycles. The fraction of sp³-hybridized carbons (Fsp3) is 0.448. The first-order chi connectivity index (χ1) is 17.1. The fourth-order valence-electron chi connectivity index (χ4n) is 3.95. The molecule has 3 aromatic rings. The van der Waals surface area contributed by atoms with Gasteiger partial charge in [-0.1, -0.05) is 63.2 Å². The monoisotopic (exact) mass is 507 g/mol. The van der Waals surface area contributed by atoms with E-state index in [2.05, 4.69) is 33.0 Å². The Morgan fingerprint density at radius 2 is 1.72 bits per heavy atom. The first kappa shape index (κ1) is 27.7. The molecule has 1 aromatic heterocycles. The number of hydrogen-bond donors (Lipinski definition) is 1. The van der Waals surface area contributed by atoms with Crippen LogP contribution in [0.5, 0.6) is 0 Å². The quantitative estimate of drug-likeness (QED) is 0.201. The molecule has 0 spiro atoms. The van der Waals surface area contributed by atoms with Crippen LogP contribution in [0.4, 0.5) is 0 Å². The highest BCUT2D eigenvalue weighted by atomic mass is 32.2. The Morgan fingerprint density at radius 3 is 2.39 bits per heavy atom. The van der Waals surface area contributed by atoms with Crippen molar-refractivity contribution in [2.45, 2.75) is 66.1 Å². The number of aryl methyl sites for hydroxylation is 2. The normalized spacial score (nSPS) is 11.4. The van der Waals surface area contributed by atoms with E-state index in [1.807, 2.05) is 32.0 Å². The molecule has 36 heavy (non-hydrogen) atoms. The van der Waals surface area contributed by atoms with Gasteiger partial charge in [-0.15, -0.1) is 0 Å². The van der Waals surface area contributed by atoms with Crippen LogP contribution >= 0.6 is 11.8 Å². The van der Waals surface area contributed by atoms with Crippen LogP contribution in [-0.4, -0.2) is 33.5 Å². The second kappa shape index (κ2) is 12.3. The van der Waals surface area contributed by atoms with Crippen molar-refractivity contribution in [1.29, 1.82) is 0 Å². The van der Waals surface area contributed by atoms with Gasteiger partial charge in [-0.05, 0) is 62.3 Å². The highest BCUT2D eigenvalue weighted by molar-refractivity contribution is 7.99. The molecule has 192 valence electrons. The first-order valence-electron chi connectivity index (χ1n) is 12.6. The van der Waals surface area contributed by atoms with Crippen LogP contribution in [0.2, 0.25) is 0 Å². The average Bonchev–Trinajstić information content (AvgIpc) is 2.81. The third kappa shape index (κ3) is 7.06. The van der Waals surface area contributed by atoms with Gasteiger partial charge >= 0.3 is 0 Å². The van der Waals surface area contributed by atoms with Gasteiger partial charge in [-0.2, -0.15) is 0 Å². The first-order valence-corrected chi connectivity index (χ1v) is 13.6. The molecule has 0 aliphatic heterocycles. The molecule has 6 nitrogen and oxygen atoms in total. The van der Waals surface area contributed by atoms with E-state index in [1.165, 1.54) is 11.8 Å². The summed E-state index contributed by atoms with van der Waals surface area (Å²) in [4.78, 5) is 43.8. The number of thioether (sulfide) groups is 1. The summed E-state index contributed by atoms with van der Waals surface area (Å²) in [5.74, 6) is 0.917. The number of nitrogens with one attached hydrogen (secondary N) is 1. The fourth-order valence-corrected chi connectivity index (χ4v) is 4.86. The van der Waals surface area contributed by atoms with E-state index in [0.717, 1.165) is 24.0 Å². The second-order valence-corrected chi connectivity index (χ2v) is 11.2. The smallest absolute Gasteiger partial charge is 0.262 e. The van der Waals surface area contributed by atoms with Crippen LogP contribution in [-0.2, 0) is 6.54 Å². The van der Waals surface area contributed by atoms with Crippen molar-refractivity contribution in [3.8, 4) is 0 Å². The van der Waals surface area contributed by atoms with E-state index in [1.54, 1.807) is 22.8 Å². The number of carbonyl (C=O) groups excluding carboxylic acids is 2. The van der Waals surface area contributed by atoms with Crippen molar-refractivity contribution in [3.05, 3.63) is 69.0 Å². The highest BCUT2D eigenvalue weighted by Gasteiger charge is 2.17. The van der Waals surface area contributed by atoms with Gasteiger partial charge in [0.05, 0.1) is 16.7 Å². The minimum absolute atomic E-state index is 0.000497. The Bertz CT molecular complexity index is 1310. The van der Waals surface area contributed by atoms with Gasteiger partial charge in [-0.25, -0.2) is 4.98 Å². The molecule has 3 rings (SSSR count). The van der Waals surface area contributed by atoms with E-state index < -0.39 is 0 Å². The standard InChI is InChI=1S/C29H37N3O3S/c1-18(2)11-13-30-27(34)22-8-10-24-25(16-22)31-29(32(28(24)35)14-12-19(3)4)36-17-26(33)23-9-7-20(5)15-21(23)6/h7-10,15-16,18-19H,11-14,17H2,1-6H3,(H,30,34). The number of carbonyl (C=O) groups is 2. The van der Waals surface area contributed by atoms with E-state index in [-0.39, 0.29) is 23.0 Å². The van der Waals surface area contributed by atoms with E-state index in [0.29, 0.717) is 52.1 Å². The van der Waals surface area contributed by atoms with Crippen molar-refractivity contribution in [3.63, 3.8) is 0 Å². The van der Waals surface area contributed by atoms with Crippen molar-refractivity contribution in [1.82, 2.24) is 14.9 Å². The third-order valence-electron chi connectivity index (χ3n) is 6.13. The topological polar surface area (TPSA) is 81.1 Å².